The summed E-state index contributed by atoms with van der Waals surface area (Å²) in [5.74, 6) is -1.18. The molecule has 0 radical (unpaired) electrons. The Morgan fingerprint density at radius 2 is 0.935 bits per heavy atom. The van der Waals surface area contributed by atoms with E-state index in [-0.39, 0.29) is 86.3 Å². The minimum absolute atomic E-state index is 0.0143. The molecule has 1 aliphatic rings. The van der Waals surface area contributed by atoms with Crippen molar-refractivity contribution in [3.63, 3.8) is 0 Å². The average Bonchev–Trinajstić information content (AvgIpc) is 3.34. The number of aromatic nitrogens is 3. The van der Waals surface area contributed by atoms with E-state index in [0.29, 0.717) is 22.6 Å². The largest absolute Gasteiger partial charge is 0.353 e. The van der Waals surface area contributed by atoms with Crippen molar-refractivity contribution in [1.82, 2.24) is 15.0 Å². The van der Waals surface area contributed by atoms with Crippen molar-refractivity contribution in [3.05, 3.63) is 132 Å². The molecule has 0 bridgehead atoms. The van der Waals surface area contributed by atoms with Gasteiger partial charge in [0, 0.05) is 23.8 Å². The number of aryl methyl sites for hydroxylation is 1. The first kappa shape index (κ1) is 56.7. The van der Waals surface area contributed by atoms with E-state index in [1.807, 2.05) is 0 Å². The molecular weight excluding hydrogens is 1110 g/mol. The number of nitrogens with one attached hydrogen (secondary N) is 3. The van der Waals surface area contributed by atoms with Crippen LogP contribution in [-0.2, 0) is 50.6 Å². The smallest absolute Gasteiger partial charge is 0.296 e. The van der Waals surface area contributed by atoms with Crippen LogP contribution in [0.25, 0.3) is 0 Å². The summed E-state index contributed by atoms with van der Waals surface area (Å²) in [6.07, 6.45) is 3.50. The Balaban J connectivity index is 1.06. The Morgan fingerprint density at radius 3 is 1.40 bits per heavy atom. The molecule has 0 saturated heterocycles. The molecule has 1 unspecified atom stereocenters. The summed E-state index contributed by atoms with van der Waals surface area (Å²) in [4.78, 5) is 11.1. The van der Waals surface area contributed by atoms with Crippen molar-refractivity contribution >= 4 is 114 Å². The standard InChI is InChI=1S/C43H40N14O15S5/c1-25-21-29(7-15-35(25)54-56-37-17-9-31(23-39(37)76(67,68)69)52-50-27-3-11-33(12-4-27)74(61,62)63)45-42-47-41(44-19-20-73(58,59)60)48-43(49-42)46-30-8-16-36(26(2)22-30)55-57-38-18-10-32(24-40(38)77(70,71)72)53-51-28-5-13-34(14-6-28)75(64,65)66/h3-18,21,23-24,26H,19-20,22H2,1-2H3,(H,58,59,60)(H,61,62,63)(H,64,65,66)(H,67,68,69)(H,70,71,72)(H3,44,45,46,47,48,49). The van der Waals surface area contributed by atoms with E-state index in [1.165, 1.54) is 54.6 Å². The maximum atomic E-state index is 12.4. The van der Waals surface area contributed by atoms with Gasteiger partial charge < -0.3 is 16.0 Å². The third-order valence-corrected chi connectivity index (χ3v) is 14.5. The van der Waals surface area contributed by atoms with E-state index < -0.39 is 66.1 Å². The van der Waals surface area contributed by atoms with Crippen LogP contribution in [0, 0.1) is 12.8 Å². The highest BCUT2D eigenvalue weighted by Gasteiger charge is 2.21. The average molecular weight is 1150 g/mol. The zero-order valence-corrected chi connectivity index (χ0v) is 43.5. The molecule has 77 heavy (non-hydrogen) atoms. The summed E-state index contributed by atoms with van der Waals surface area (Å²) in [5, 5.41) is 41.0. The molecular formula is C43H40N14O15S5. The Bertz CT molecular complexity index is 4050. The second-order valence-electron chi connectivity index (χ2n) is 16.2. The van der Waals surface area contributed by atoms with Gasteiger partial charge in [-0.1, -0.05) is 6.92 Å². The van der Waals surface area contributed by atoms with Crippen LogP contribution in [-0.4, -0.2) is 92.1 Å². The first-order chi connectivity index (χ1) is 36.1. The molecule has 1 aliphatic carbocycles. The number of rotatable bonds is 20. The first-order valence-electron chi connectivity index (χ1n) is 21.6. The number of azo groups is 4. The highest BCUT2D eigenvalue weighted by atomic mass is 32.2. The van der Waals surface area contributed by atoms with Gasteiger partial charge in [0.15, 0.2) is 0 Å². The van der Waals surface area contributed by atoms with Crippen molar-refractivity contribution in [2.45, 2.75) is 39.9 Å². The number of benzene rings is 5. The molecule has 29 nitrogen and oxygen atoms in total. The Morgan fingerprint density at radius 1 is 0.494 bits per heavy atom. The summed E-state index contributed by atoms with van der Waals surface area (Å²) in [5.41, 5.74) is 1.97. The van der Waals surface area contributed by atoms with Crippen LogP contribution in [0.5, 0.6) is 0 Å². The summed E-state index contributed by atoms with van der Waals surface area (Å²) < 4.78 is 165. The molecule has 0 spiro atoms. The fourth-order valence-corrected chi connectivity index (χ4v) is 9.19. The molecule has 0 aliphatic heterocycles. The molecule has 8 N–H and O–H groups in total. The minimum atomic E-state index is -4.87. The SMILES string of the molecule is Cc1cc(Nc2nc(NCCS(=O)(=O)O)nc(NC3=CC=C(N=Nc4ccc(N=Nc5ccc(S(=O)(=O)O)cc5)cc4S(=O)(=O)O)C(C)C3)n2)ccc1N=Nc1ccc(N=Nc2ccc(S(=O)(=O)O)cc2)cc1S(=O)(=O)O. The Kier molecular flexibility index (Phi) is 17.0. The lowest BCUT2D eigenvalue weighted by Gasteiger charge is -2.19. The predicted molar refractivity (Wildman–Crippen MR) is 275 cm³/mol. The van der Waals surface area contributed by atoms with Gasteiger partial charge in [-0.2, -0.15) is 87.7 Å². The van der Waals surface area contributed by atoms with Crippen LogP contribution in [0.3, 0.4) is 0 Å². The quantitative estimate of drug-likeness (QED) is 0.0260. The fraction of sp³-hybridized carbons (Fsp3) is 0.140. The molecule has 34 heteroatoms. The molecule has 6 aromatic rings. The molecule has 7 rings (SSSR count). The van der Waals surface area contributed by atoms with Gasteiger partial charge in [-0.15, -0.1) is 10.2 Å². The third-order valence-electron chi connectivity index (χ3n) is 10.3. The van der Waals surface area contributed by atoms with Gasteiger partial charge in [-0.05, 0) is 134 Å². The molecule has 0 saturated carbocycles. The molecule has 5 aromatic carbocycles. The lowest BCUT2D eigenvalue weighted by Crippen LogP contribution is -2.18. The molecule has 402 valence electrons. The van der Waals surface area contributed by atoms with Crippen LogP contribution >= 0.6 is 0 Å². The van der Waals surface area contributed by atoms with Gasteiger partial charge in [0.2, 0.25) is 17.8 Å². The van der Waals surface area contributed by atoms with Gasteiger partial charge in [0.05, 0.1) is 49.7 Å². The summed E-state index contributed by atoms with van der Waals surface area (Å²) in [6, 6.07) is 21.2. The van der Waals surface area contributed by atoms with Crippen LogP contribution in [0.1, 0.15) is 18.9 Å². The number of anilines is 4. The summed E-state index contributed by atoms with van der Waals surface area (Å²) in [6.45, 7) is 3.17. The van der Waals surface area contributed by atoms with Gasteiger partial charge in [-0.3, -0.25) is 22.8 Å². The van der Waals surface area contributed by atoms with Gasteiger partial charge in [0.25, 0.3) is 50.6 Å². The van der Waals surface area contributed by atoms with Crippen LogP contribution in [0.15, 0.2) is 187 Å². The fourth-order valence-electron chi connectivity index (χ4n) is 6.58. The number of hydrogen-bond donors (Lipinski definition) is 8. The third kappa shape index (κ3) is 16.2. The van der Waals surface area contributed by atoms with Crippen LogP contribution < -0.4 is 16.0 Å². The van der Waals surface area contributed by atoms with E-state index in [1.54, 1.807) is 38.1 Å². The van der Waals surface area contributed by atoms with Crippen molar-refractivity contribution in [2.24, 2.45) is 46.8 Å². The summed E-state index contributed by atoms with van der Waals surface area (Å²) in [7, 11) is -23.0. The first-order valence-corrected chi connectivity index (χ1v) is 29.0. The summed E-state index contributed by atoms with van der Waals surface area (Å²) >= 11 is 0. The van der Waals surface area contributed by atoms with Gasteiger partial charge in [-0.25, -0.2) is 0 Å². The lowest BCUT2D eigenvalue weighted by molar-refractivity contribution is 0.481. The number of hydrogen-bond acceptors (Lipinski definition) is 24. The highest BCUT2D eigenvalue weighted by molar-refractivity contribution is 7.87. The molecule has 1 heterocycles. The monoisotopic (exact) mass is 1150 g/mol. The van der Waals surface area contributed by atoms with E-state index in [4.69, 9.17) is 0 Å². The normalized spacial score (nSPS) is 14.8. The van der Waals surface area contributed by atoms with Crippen LogP contribution in [0.4, 0.5) is 63.3 Å². The van der Waals surface area contributed by atoms with E-state index >= 15 is 0 Å². The maximum Gasteiger partial charge on any atom is 0.296 e. The van der Waals surface area contributed by atoms with Gasteiger partial charge >= 0.3 is 0 Å². The zero-order valence-electron chi connectivity index (χ0n) is 39.4. The maximum absolute atomic E-state index is 12.4. The van der Waals surface area contributed by atoms with Crippen molar-refractivity contribution < 1.29 is 64.9 Å². The Hall–Kier alpha value is -8.06. The molecule has 0 amide bonds. The van der Waals surface area contributed by atoms with Gasteiger partial charge in [0.1, 0.15) is 21.2 Å². The lowest BCUT2D eigenvalue weighted by atomic mass is 9.97. The van der Waals surface area contributed by atoms with E-state index in [9.17, 15) is 64.9 Å². The zero-order chi connectivity index (χ0) is 55.9. The van der Waals surface area contributed by atoms with Crippen molar-refractivity contribution in [3.8, 4) is 0 Å². The second kappa shape index (κ2) is 23.0. The van der Waals surface area contributed by atoms with E-state index in [2.05, 4.69) is 71.8 Å². The topological polar surface area (TPSA) is 445 Å². The predicted octanol–water partition coefficient (Wildman–Crippen LogP) is 9.46. The molecule has 0 fully saturated rings. The minimum Gasteiger partial charge on any atom is -0.353 e. The number of allylic oxidation sites excluding steroid dienone is 4. The highest BCUT2D eigenvalue weighted by Crippen LogP contribution is 2.35. The molecule has 1 atom stereocenters. The van der Waals surface area contributed by atoms with Crippen molar-refractivity contribution in [2.75, 3.05) is 28.2 Å². The van der Waals surface area contributed by atoms with Crippen LogP contribution in [0.2, 0.25) is 0 Å². The molecule has 1 aromatic heterocycles. The van der Waals surface area contributed by atoms with Crippen molar-refractivity contribution in [1.29, 1.82) is 0 Å². The number of nitrogens with zero attached hydrogens (tertiary/aromatic N) is 11. The van der Waals surface area contributed by atoms with E-state index in [0.717, 1.165) is 36.4 Å². The Labute approximate surface area is 438 Å². The second-order valence-corrected chi connectivity index (χ2v) is 23.3.